The Kier molecular flexibility index (Phi) is 11.0. The molecule has 0 spiro atoms. The maximum Gasteiger partial charge on any atom is 0.329 e. The molecule has 1 atom stereocenters. The maximum absolute atomic E-state index is 12.5. The van der Waals surface area contributed by atoms with Crippen LogP contribution in [0.15, 0.2) is 29.2 Å². The van der Waals surface area contributed by atoms with Crippen LogP contribution in [0.5, 0.6) is 0 Å². The van der Waals surface area contributed by atoms with Crippen LogP contribution in [0, 0.1) is 12.3 Å². The Bertz CT molecular complexity index is 866. The Balaban J connectivity index is 2.43. The van der Waals surface area contributed by atoms with Crippen LogP contribution in [-0.2, 0) is 33.4 Å². The molecule has 0 aromatic heterocycles. The van der Waals surface area contributed by atoms with Crippen molar-refractivity contribution in [2.24, 2.45) is 5.41 Å². The van der Waals surface area contributed by atoms with E-state index in [0.29, 0.717) is 6.42 Å². The molecule has 1 rings (SSSR count). The van der Waals surface area contributed by atoms with E-state index < -0.39 is 27.7 Å². The number of carbonyl (C=O) groups excluding carboxylic acids is 2. The normalized spacial score (nSPS) is 13.4. The number of esters is 1. The van der Waals surface area contributed by atoms with Crippen LogP contribution in [0.2, 0.25) is 0 Å². The van der Waals surface area contributed by atoms with Crippen molar-refractivity contribution in [3.8, 4) is 0 Å². The van der Waals surface area contributed by atoms with Gasteiger partial charge >= 0.3 is 5.97 Å². The zero-order valence-electron chi connectivity index (χ0n) is 20.9. The molecule has 0 aliphatic heterocycles. The van der Waals surface area contributed by atoms with Crippen molar-refractivity contribution in [3.63, 3.8) is 0 Å². The molecule has 1 amide bonds. The molecule has 0 aliphatic carbocycles. The van der Waals surface area contributed by atoms with E-state index in [1.54, 1.807) is 32.9 Å². The number of benzene rings is 1. The lowest BCUT2D eigenvalue weighted by molar-refractivity contribution is -0.159. The van der Waals surface area contributed by atoms with Gasteiger partial charge in [-0.2, -0.15) is 8.42 Å². The zero-order valence-corrected chi connectivity index (χ0v) is 21.7. The molecule has 1 aromatic rings. The summed E-state index contributed by atoms with van der Waals surface area (Å²) >= 11 is 0. The fourth-order valence-corrected chi connectivity index (χ4v) is 3.60. The van der Waals surface area contributed by atoms with Crippen LogP contribution in [-0.4, -0.2) is 51.8 Å². The number of hydrogen-bond donors (Lipinski definition) is 1. The number of ether oxygens (including phenoxy) is 2. The first-order chi connectivity index (χ1) is 15.1. The van der Waals surface area contributed by atoms with Crippen molar-refractivity contribution in [2.75, 3.05) is 19.8 Å². The lowest BCUT2D eigenvalue weighted by Gasteiger charge is -2.26. The highest BCUT2D eigenvalue weighted by molar-refractivity contribution is 7.86. The van der Waals surface area contributed by atoms with Gasteiger partial charge in [-0.3, -0.25) is 8.98 Å². The second kappa shape index (κ2) is 12.5. The highest BCUT2D eigenvalue weighted by Gasteiger charge is 2.28. The van der Waals surface area contributed by atoms with Crippen molar-refractivity contribution in [1.82, 2.24) is 5.32 Å². The average molecular weight is 486 g/mol. The zero-order chi connectivity index (χ0) is 25.3. The van der Waals surface area contributed by atoms with E-state index in [1.807, 2.05) is 6.92 Å². The summed E-state index contributed by atoms with van der Waals surface area (Å²) in [6, 6.07) is 5.61. The second-order valence-electron chi connectivity index (χ2n) is 10.2. The number of nitrogens with one attached hydrogen (secondary N) is 1. The van der Waals surface area contributed by atoms with Crippen LogP contribution in [0.4, 0.5) is 0 Å². The van der Waals surface area contributed by atoms with Crippen LogP contribution in [0.3, 0.4) is 0 Å². The molecule has 0 heterocycles. The van der Waals surface area contributed by atoms with E-state index in [-0.39, 0.29) is 42.5 Å². The molecule has 0 bridgehead atoms. The summed E-state index contributed by atoms with van der Waals surface area (Å²) in [6.45, 7) is 13.3. The molecule has 0 radical (unpaired) electrons. The van der Waals surface area contributed by atoms with Gasteiger partial charge in [0.25, 0.3) is 10.1 Å². The standard InChI is InChI=1S/C24H39NO7S/c1-18-8-10-19(11-9-18)33(28,29)31-17-16-30-15-13-21(26)25-20(12-14-23(2,3)4)22(27)32-24(5,6)7/h8-11,20H,12-17H2,1-7H3,(H,25,26)/t20-/m0/s1. The Morgan fingerprint density at radius 1 is 0.970 bits per heavy atom. The van der Waals surface area contributed by atoms with E-state index in [0.717, 1.165) is 12.0 Å². The molecule has 8 nitrogen and oxygen atoms in total. The molecule has 1 aromatic carbocycles. The minimum absolute atomic E-state index is 0.00696. The topological polar surface area (TPSA) is 108 Å². The highest BCUT2D eigenvalue weighted by atomic mass is 32.2. The second-order valence-corrected chi connectivity index (χ2v) is 11.8. The Morgan fingerprint density at radius 2 is 1.58 bits per heavy atom. The van der Waals surface area contributed by atoms with Gasteiger partial charge in [0, 0.05) is 6.42 Å². The van der Waals surface area contributed by atoms with Crippen molar-refractivity contribution in [2.45, 2.75) is 84.3 Å². The fourth-order valence-electron chi connectivity index (χ4n) is 2.71. The predicted molar refractivity (Wildman–Crippen MR) is 126 cm³/mol. The smallest absolute Gasteiger partial charge is 0.329 e. The number of hydrogen-bond acceptors (Lipinski definition) is 7. The monoisotopic (exact) mass is 485 g/mol. The Hall–Kier alpha value is -1.97. The number of rotatable bonds is 12. The van der Waals surface area contributed by atoms with Gasteiger partial charge in [0.05, 0.1) is 24.7 Å². The van der Waals surface area contributed by atoms with Gasteiger partial charge in [-0.1, -0.05) is 38.5 Å². The van der Waals surface area contributed by atoms with Gasteiger partial charge in [0.2, 0.25) is 5.91 Å². The Labute approximate surface area is 198 Å². The van der Waals surface area contributed by atoms with Gasteiger partial charge < -0.3 is 14.8 Å². The van der Waals surface area contributed by atoms with Gasteiger partial charge in [0.15, 0.2) is 0 Å². The SMILES string of the molecule is Cc1ccc(S(=O)(=O)OCCOCCC(=O)N[C@@H](CCC(C)(C)C)C(=O)OC(C)(C)C)cc1. The van der Waals surface area contributed by atoms with Gasteiger partial charge in [-0.25, -0.2) is 4.79 Å². The quantitative estimate of drug-likeness (QED) is 0.273. The van der Waals surface area contributed by atoms with Gasteiger partial charge in [-0.05, 0) is 58.1 Å². The van der Waals surface area contributed by atoms with Crippen molar-refractivity contribution >= 4 is 22.0 Å². The molecule has 1 N–H and O–H groups in total. The first kappa shape index (κ1) is 29.1. The minimum Gasteiger partial charge on any atom is -0.458 e. The third kappa shape index (κ3) is 12.7. The fraction of sp³-hybridized carbons (Fsp3) is 0.667. The molecular formula is C24H39NO7S. The summed E-state index contributed by atoms with van der Waals surface area (Å²) in [4.78, 5) is 24.9. The molecule has 0 unspecified atom stereocenters. The molecule has 9 heteroatoms. The Morgan fingerprint density at radius 3 is 2.12 bits per heavy atom. The summed E-state index contributed by atoms with van der Waals surface area (Å²) in [5.41, 5.74) is 0.305. The summed E-state index contributed by atoms with van der Waals surface area (Å²) in [7, 11) is -3.85. The minimum atomic E-state index is -3.85. The third-order valence-corrected chi connectivity index (χ3v) is 5.79. The average Bonchev–Trinajstić information content (AvgIpc) is 2.66. The van der Waals surface area contributed by atoms with Crippen LogP contribution < -0.4 is 5.32 Å². The van der Waals surface area contributed by atoms with Crippen LogP contribution >= 0.6 is 0 Å². The number of amides is 1. The van der Waals surface area contributed by atoms with Crippen molar-refractivity contribution < 1.29 is 31.7 Å². The molecule has 0 saturated carbocycles. The summed E-state index contributed by atoms with van der Waals surface area (Å²) in [6.07, 6.45) is 1.23. The lowest BCUT2D eigenvalue weighted by atomic mass is 9.88. The van der Waals surface area contributed by atoms with Crippen LogP contribution in [0.1, 0.15) is 66.4 Å². The third-order valence-electron chi connectivity index (χ3n) is 4.46. The van der Waals surface area contributed by atoms with E-state index >= 15 is 0 Å². The first-order valence-corrected chi connectivity index (χ1v) is 12.6. The number of carbonyl (C=O) groups is 2. The summed E-state index contributed by atoms with van der Waals surface area (Å²) < 4.78 is 39.9. The van der Waals surface area contributed by atoms with E-state index in [2.05, 4.69) is 26.1 Å². The number of aryl methyl sites for hydroxylation is 1. The molecule has 0 fully saturated rings. The molecule has 33 heavy (non-hydrogen) atoms. The molecule has 0 saturated heterocycles. The van der Waals surface area contributed by atoms with Crippen molar-refractivity contribution in [3.05, 3.63) is 29.8 Å². The van der Waals surface area contributed by atoms with E-state index in [9.17, 15) is 18.0 Å². The molecular weight excluding hydrogens is 446 g/mol. The predicted octanol–water partition coefficient (Wildman–Crippen LogP) is 3.76. The molecule has 0 aliphatic rings. The summed E-state index contributed by atoms with van der Waals surface area (Å²) in [5, 5.41) is 2.73. The van der Waals surface area contributed by atoms with Crippen LogP contribution in [0.25, 0.3) is 0 Å². The first-order valence-electron chi connectivity index (χ1n) is 11.2. The molecule has 188 valence electrons. The van der Waals surface area contributed by atoms with E-state index in [4.69, 9.17) is 13.7 Å². The lowest BCUT2D eigenvalue weighted by Crippen LogP contribution is -2.44. The van der Waals surface area contributed by atoms with Gasteiger partial charge in [0.1, 0.15) is 11.6 Å². The highest BCUT2D eigenvalue weighted by Crippen LogP contribution is 2.22. The van der Waals surface area contributed by atoms with Crippen molar-refractivity contribution in [1.29, 1.82) is 0 Å². The van der Waals surface area contributed by atoms with Gasteiger partial charge in [-0.15, -0.1) is 0 Å². The largest absolute Gasteiger partial charge is 0.458 e. The summed E-state index contributed by atoms with van der Waals surface area (Å²) in [5.74, 6) is -0.802. The van der Waals surface area contributed by atoms with E-state index in [1.165, 1.54) is 12.1 Å². The maximum atomic E-state index is 12.5.